The fourth-order valence-electron chi connectivity index (χ4n) is 3.72. The van der Waals surface area contributed by atoms with Crippen LogP contribution in [0.3, 0.4) is 0 Å². The Hall–Kier alpha value is -3.47. The normalized spacial score (nSPS) is 15.8. The van der Waals surface area contributed by atoms with Gasteiger partial charge in [0.15, 0.2) is 5.65 Å². The van der Waals surface area contributed by atoms with Gasteiger partial charge in [-0.25, -0.2) is 23.7 Å². The van der Waals surface area contributed by atoms with Crippen molar-refractivity contribution >= 4 is 17.4 Å². The number of pyridine rings is 1. The Morgan fingerprint density at radius 1 is 1.37 bits per heavy atom. The van der Waals surface area contributed by atoms with Crippen LogP contribution in [-0.2, 0) is 4.74 Å². The quantitative estimate of drug-likeness (QED) is 0.487. The zero-order valence-corrected chi connectivity index (χ0v) is 16.9. The van der Waals surface area contributed by atoms with E-state index in [0.29, 0.717) is 29.1 Å². The molecule has 0 N–H and O–H groups in total. The van der Waals surface area contributed by atoms with Gasteiger partial charge in [0.2, 0.25) is 0 Å². The molecule has 1 aliphatic rings. The minimum absolute atomic E-state index is 0.0988. The van der Waals surface area contributed by atoms with Gasteiger partial charge in [0.25, 0.3) is 0 Å². The fourth-order valence-corrected chi connectivity index (χ4v) is 3.72. The third-order valence-corrected chi connectivity index (χ3v) is 5.02. The van der Waals surface area contributed by atoms with Crippen molar-refractivity contribution < 1.29 is 13.9 Å². The van der Waals surface area contributed by atoms with E-state index in [4.69, 9.17) is 4.74 Å². The van der Waals surface area contributed by atoms with Crippen LogP contribution in [0.25, 0.3) is 5.65 Å². The lowest BCUT2D eigenvalue weighted by molar-refractivity contribution is 0.0528. The van der Waals surface area contributed by atoms with Gasteiger partial charge < -0.3 is 9.64 Å². The Kier molecular flexibility index (Phi) is 5.61. The topological polar surface area (TPSA) is 72.6 Å². The van der Waals surface area contributed by atoms with Crippen molar-refractivity contribution in [1.29, 1.82) is 0 Å². The minimum atomic E-state index is -0.457. The molecule has 0 saturated carbocycles. The van der Waals surface area contributed by atoms with Crippen molar-refractivity contribution in [3.63, 3.8) is 0 Å². The van der Waals surface area contributed by atoms with Crippen molar-refractivity contribution in [1.82, 2.24) is 19.6 Å². The van der Waals surface area contributed by atoms with E-state index in [0.717, 1.165) is 24.9 Å². The monoisotopic (exact) mass is 407 g/mol. The molecule has 1 atom stereocenters. The molecule has 4 heterocycles. The van der Waals surface area contributed by atoms with E-state index < -0.39 is 5.97 Å². The standard InChI is InChI=1S/C22H22FN5O2/c1-3-5-7-18-16(12-15(23)13-24-18)19-8-6-10-27(19)20-9-11-28-21(26-20)17(14-25-28)22(29)30-4-2/h9,11-14,19H,3-4,6,8,10H2,1-2H3/t19-/m1/s1. The van der Waals surface area contributed by atoms with Crippen LogP contribution in [0, 0.1) is 17.7 Å². The zero-order chi connectivity index (χ0) is 21.1. The molecule has 1 saturated heterocycles. The van der Waals surface area contributed by atoms with Crippen LogP contribution in [0.2, 0.25) is 0 Å². The molecule has 1 fully saturated rings. The summed E-state index contributed by atoms with van der Waals surface area (Å²) in [7, 11) is 0. The van der Waals surface area contributed by atoms with Gasteiger partial charge in [0, 0.05) is 24.7 Å². The van der Waals surface area contributed by atoms with Gasteiger partial charge in [-0.05, 0) is 37.8 Å². The highest BCUT2D eigenvalue weighted by Crippen LogP contribution is 2.36. The molecule has 8 heteroatoms. The highest BCUT2D eigenvalue weighted by molar-refractivity contribution is 5.95. The number of carbonyl (C=O) groups excluding carboxylic acids is 1. The lowest BCUT2D eigenvalue weighted by Crippen LogP contribution is -2.25. The molecule has 154 valence electrons. The van der Waals surface area contributed by atoms with Gasteiger partial charge in [-0.2, -0.15) is 5.10 Å². The maximum absolute atomic E-state index is 14.0. The van der Waals surface area contributed by atoms with Gasteiger partial charge in [-0.1, -0.05) is 12.8 Å². The molecular formula is C22H22FN5O2. The molecule has 0 aromatic carbocycles. The Bertz CT molecular complexity index is 1150. The first kappa shape index (κ1) is 19.8. The van der Waals surface area contributed by atoms with E-state index in [-0.39, 0.29) is 18.5 Å². The van der Waals surface area contributed by atoms with Crippen LogP contribution < -0.4 is 4.90 Å². The predicted molar refractivity (Wildman–Crippen MR) is 110 cm³/mol. The van der Waals surface area contributed by atoms with Crippen molar-refractivity contribution in [3.05, 3.63) is 53.4 Å². The Morgan fingerprint density at radius 3 is 3.03 bits per heavy atom. The number of hydrogen-bond donors (Lipinski definition) is 0. The van der Waals surface area contributed by atoms with Crippen LogP contribution in [-0.4, -0.2) is 38.7 Å². The van der Waals surface area contributed by atoms with Crippen molar-refractivity contribution in [2.24, 2.45) is 0 Å². The van der Waals surface area contributed by atoms with E-state index in [1.54, 1.807) is 17.6 Å². The van der Waals surface area contributed by atoms with E-state index in [1.807, 2.05) is 13.0 Å². The SMILES string of the molecule is CCC#Cc1ncc(F)cc1[C@H]1CCCN1c1ccn2ncc(C(=O)OCC)c2n1. The van der Waals surface area contributed by atoms with E-state index in [1.165, 1.54) is 18.5 Å². The molecule has 0 radical (unpaired) electrons. The molecule has 4 rings (SSSR count). The molecule has 7 nitrogen and oxygen atoms in total. The average molecular weight is 407 g/mol. The summed E-state index contributed by atoms with van der Waals surface area (Å²) in [4.78, 5) is 23.2. The number of anilines is 1. The fraction of sp³-hybridized carbons (Fsp3) is 0.364. The van der Waals surface area contributed by atoms with E-state index in [9.17, 15) is 9.18 Å². The second kappa shape index (κ2) is 8.49. The second-order valence-electron chi connectivity index (χ2n) is 6.93. The van der Waals surface area contributed by atoms with Crippen molar-refractivity contribution in [2.75, 3.05) is 18.1 Å². The maximum atomic E-state index is 14.0. The summed E-state index contributed by atoms with van der Waals surface area (Å²) < 4.78 is 20.7. The first-order chi connectivity index (χ1) is 14.6. The molecule has 0 aliphatic carbocycles. The van der Waals surface area contributed by atoms with Crippen LogP contribution in [0.5, 0.6) is 0 Å². The second-order valence-corrected chi connectivity index (χ2v) is 6.93. The summed E-state index contributed by atoms with van der Waals surface area (Å²) in [5, 5.41) is 4.18. The Morgan fingerprint density at radius 2 is 2.23 bits per heavy atom. The molecular weight excluding hydrogens is 385 g/mol. The summed E-state index contributed by atoms with van der Waals surface area (Å²) >= 11 is 0. The van der Waals surface area contributed by atoms with E-state index in [2.05, 4.69) is 31.8 Å². The molecule has 0 bridgehead atoms. The third kappa shape index (κ3) is 3.71. The van der Waals surface area contributed by atoms with Crippen LogP contribution in [0.4, 0.5) is 10.2 Å². The average Bonchev–Trinajstić information content (AvgIpc) is 3.39. The molecule has 0 unspecified atom stereocenters. The number of fused-ring (bicyclic) bond motifs is 1. The Labute approximate surface area is 173 Å². The van der Waals surface area contributed by atoms with Gasteiger partial charge >= 0.3 is 5.97 Å². The number of hydrogen-bond acceptors (Lipinski definition) is 6. The predicted octanol–water partition coefficient (Wildman–Crippen LogP) is 3.54. The van der Waals surface area contributed by atoms with Gasteiger partial charge in [-0.3, -0.25) is 0 Å². The minimum Gasteiger partial charge on any atom is -0.462 e. The summed E-state index contributed by atoms with van der Waals surface area (Å²) in [6, 6.07) is 3.26. The first-order valence-corrected chi connectivity index (χ1v) is 10.0. The Balaban J connectivity index is 1.74. The lowest BCUT2D eigenvalue weighted by Gasteiger charge is -2.26. The summed E-state index contributed by atoms with van der Waals surface area (Å²) in [6.45, 7) is 4.75. The molecule has 0 amide bonds. The third-order valence-electron chi connectivity index (χ3n) is 5.02. The van der Waals surface area contributed by atoms with Crippen molar-refractivity contribution in [2.45, 2.75) is 39.2 Å². The maximum Gasteiger partial charge on any atom is 0.343 e. The van der Waals surface area contributed by atoms with Crippen LogP contribution >= 0.6 is 0 Å². The van der Waals surface area contributed by atoms with Gasteiger partial charge in [-0.15, -0.1) is 0 Å². The van der Waals surface area contributed by atoms with Crippen LogP contribution in [0.15, 0.2) is 30.7 Å². The van der Waals surface area contributed by atoms with Gasteiger partial charge in [0.05, 0.1) is 25.0 Å². The largest absolute Gasteiger partial charge is 0.462 e. The molecule has 3 aromatic heterocycles. The van der Waals surface area contributed by atoms with Gasteiger partial charge in [0.1, 0.15) is 22.9 Å². The number of rotatable bonds is 4. The number of halogens is 1. The van der Waals surface area contributed by atoms with Crippen molar-refractivity contribution in [3.8, 4) is 11.8 Å². The zero-order valence-electron chi connectivity index (χ0n) is 16.9. The highest BCUT2D eigenvalue weighted by Gasteiger charge is 2.30. The number of esters is 1. The first-order valence-electron chi connectivity index (χ1n) is 10.0. The number of aromatic nitrogens is 4. The molecule has 3 aromatic rings. The molecule has 0 spiro atoms. The highest BCUT2D eigenvalue weighted by atomic mass is 19.1. The number of ether oxygens (including phenoxy) is 1. The molecule has 30 heavy (non-hydrogen) atoms. The van der Waals surface area contributed by atoms with E-state index >= 15 is 0 Å². The number of nitrogens with zero attached hydrogens (tertiary/aromatic N) is 5. The summed E-state index contributed by atoms with van der Waals surface area (Å²) in [6.07, 6.45) is 6.88. The number of carbonyl (C=O) groups is 1. The summed E-state index contributed by atoms with van der Waals surface area (Å²) in [5.74, 6) is 5.92. The van der Waals surface area contributed by atoms with Crippen LogP contribution in [0.1, 0.15) is 60.8 Å². The smallest absolute Gasteiger partial charge is 0.343 e. The lowest BCUT2D eigenvalue weighted by atomic mass is 10.0. The molecule has 1 aliphatic heterocycles. The summed E-state index contributed by atoms with van der Waals surface area (Å²) in [5.41, 5.74) is 2.10.